The molecule has 214 valence electrons. The van der Waals surface area contributed by atoms with Crippen LogP contribution in [0.15, 0.2) is 87.1 Å². The van der Waals surface area contributed by atoms with Crippen LogP contribution in [0.2, 0.25) is 0 Å². The summed E-state index contributed by atoms with van der Waals surface area (Å²) in [6.45, 7) is 7.71. The topological polar surface area (TPSA) is 86.8 Å². The largest absolute Gasteiger partial charge is 0.354 e. The van der Waals surface area contributed by atoms with E-state index in [1.807, 2.05) is 51.3 Å². The molecule has 1 N–H and O–H groups in total. The summed E-state index contributed by atoms with van der Waals surface area (Å²) in [5.41, 5.74) is 2.15. The number of thioether (sulfide) groups is 1. The molecule has 2 amide bonds. The zero-order valence-corrected chi connectivity index (χ0v) is 26.6. The van der Waals surface area contributed by atoms with Gasteiger partial charge in [-0.1, -0.05) is 59.6 Å². The average Bonchev–Trinajstić information content (AvgIpc) is 2.94. The van der Waals surface area contributed by atoms with Gasteiger partial charge in [0, 0.05) is 22.5 Å². The number of halogens is 1. The van der Waals surface area contributed by atoms with E-state index in [0.29, 0.717) is 12.2 Å². The number of sulfonamides is 1. The highest BCUT2D eigenvalue weighted by Crippen LogP contribution is 2.26. The van der Waals surface area contributed by atoms with Gasteiger partial charge in [0.15, 0.2) is 0 Å². The van der Waals surface area contributed by atoms with Crippen molar-refractivity contribution in [2.75, 3.05) is 23.7 Å². The second-order valence-corrected chi connectivity index (χ2v) is 13.6. The average molecular weight is 647 g/mol. The number of amides is 2. The molecule has 0 saturated carbocycles. The molecule has 3 aromatic carbocycles. The SMILES string of the molecule is CSc1ccc(S(=O)(=O)N(CC(=O)N(Cc2ccc(Br)cc2)[C@H](C)C(=O)NCC(C)C)c2ccc(C)cc2)cc1. The molecule has 10 heteroatoms. The lowest BCUT2D eigenvalue weighted by Crippen LogP contribution is -2.51. The summed E-state index contributed by atoms with van der Waals surface area (Å²) in [6, 6.07) is 20.2. The normalized spacial score (nSPS) is 12.2. The Balaban J connectivity index is 2.00. The van der Waals surface area contributed by atoms with Gasteiger partial charge >= 0.3 is 0 Å². The second kappa shape index (κ2) is 14.2. The van der Waals surface area contributed by atoms with Crippen molar-refractivity contribution in [1.29, 1.82) is 0 Å². The molecule has 0 radical (unpaired) electrons. The molecule has 3 aromatic rings. The predicted octanol–water partition coefficient (Wildman–Crippen LogP) is 5.86. The molecule has 0 saturated heterocycles. The molecule has 0 aliphatic rings. The first-order chi connectivity index (χ1) is 18.9. The Morgan fingerprint density at radius 2 is 1.52 bits per heavy atom. The van der Waals surface area contributed by atoms with Crippen LogP contribution in [0.1, 0.15) is 31.9 Å². The zero-order chi connectivity index (χ0) is 29.4. The van der Waals surface area contributed by atoms with E-state index in [-0.39, 0.29) is 23.3 Å². The Kier molecular flexibility index (Phi) is 11.2. The second-order valence-electron chi connectivity index (χ2n) is 9.99. The summed E-state index contributed by atoms with van der Waals surface area (Å²) in [7, 11) is -4.10. The molecule has 1 atom stereocenters. The first-order valence-corrected chi connectivity index (χ1v) is 16.4. The lowest BCUT2D eigenvalue weighted by atomic mass is 10.1. The van der Waals surface area contributed by atoms with E-state index in [1.165, 1.54) is 16.7 Å². The van der Waals surface area contributed by atoms with Gasteiger partial charge in [0.05, 0.1) is 10.6 Å². The summed E-state index contributed by atoms with van der Waals surface area (Å²) in [4.78, 5) is 29.5. The smallest absolute Gasteiger partial charge is 0.264 e. The predicted molar refractivity (Wildman–Crippen MR) is 166 cm³/mol. The maximum atomic E-state index is 14.0. The Bertz CT molecular complexity index is 1390. The van der Waals surface area contributed by atoms with Crippen molar-refractivity contribution in [3.05, 3.63) is 88.4 Å². The van der Waals surface area contributed by atoms with E-state index in [9.17, 15) is 18.0 Å². The third kappa shape index (κ3) is 8.34. The number of rotatable bonds is 12. The van der Waals surface area contributed by atoms with Crippen molar-refractivity contribution < 1.29 is 18.0 Å². The van der Waals surface area contributed by atoms with E-state index in [2.05, 4.69) is 21.2 Å². The Labute approximate surface area is 250 Å². The number of carbonyl (C=O) groups is 2. The van der Waals surface area contributed by atoms with Gasteiger partial charge in [0.25, 0.3) is 10.0 Å². The molecule has 0 aromatic heterocycles. The molecular formula is C30H36BrN3O4S2. The van der Waals surface area contributed by atoms with Crippen LogP contribution in [0, 0.1) is 12.8 Å². The molecule has 7 nitrogen and oxygen atoms in total. The first-order valence-electron chi connectivity index (χ1n) is 13.0. The Morgan fingerprint density at radius 1 is 0.925 bits per heavy atom. The summed E-state index contributed by atoms with van der Waals surface area (Å²) in [5, 5.41) is 2.90. The van der Waals surface area contributed by atoms with Gasteiger partial charge in [-0.05, 0) is 80.1 Å². The van der Waals surface area contributed by atoms with Crippen LogP contribution in [0.4, 0.5) is 5.69 Å². The van der Waals surface area contributed by atoms with Crippen molar-refractivity contribution in [3.8, 4) is 0 Å². The molecule has 0 bridgehead atoms. The van der Waals surface area contributed by atoms with Crippen LogP contribution in [-0.2, 0) is 26.2 Å². The van der Waals surface area contributed by atoms with Gasteiger partial charge in [0.2, 0.25) is 11.8 Å². The maximum Gasteiger partial charge on any atom is 0.264 e. The van der Waals surface area contributed by atoms with Gasteiger partial charge in [-0.3, -0.25) is 13.9 Å². The fourth-order valence-corrected chi connectivity index (χ4v) is 6.02. The molecular weight excluding hydrogens is 610 g/mol. The molecule has 0 spiro atoms. The third-order valence-electron chi connectivity index (χ3n) is 6.37. The molecule has 3 rings (SSSR count). The van der Waals surface area contributed by atoms with Crippen molar-refractivity contribution in [1.82, 2.24) is 10.2 Å². The minimum Gasteiger partial charge on any atom is -0.354 e. The number of nitrogens with one attached hydrogen (secondary N) is 1. The van der Waals surface area contributed by atoms with Crippen molar-refractivity contribution in [2.24, 2.45) is 5.92 Å². The minimum absolute atomic E-state index is 0.0841. The van der Waals surface area contributed by atoms with E-state index in [0.717, 1.165) is 24.8 Å². The van der Waals surface area contributed by atoms with E-state index >= 15 is 0 Å². The van der Waals surface area contributed by atoms with Crippen LogP contribution >= 0.6 is 27.7 Å². The van der Waals surface area contributed by atoms with Gasteiger partial charge < -0.3 is 10.2 Å². The molecule has 0 fully saturated rings. The van der Waals surface area contributed by atoms with Crippen LogP contribution in [0.5, 0.6) is 0 Å². The number of anilines is 1. The van der Waals surface area contributed by atoms with Gasteiger partial charge in [-0.25, -0.2) is 8.42 Å². The summed E-state index contributed by atoms with van der Waals surface area (Å²) in [6.07, 6.45) is 1.92. The standard InChI is InChI=1S/C30H36BrN3O4S2/c1-21(2)18-32-30(36)23(4)33(19-24-8-10-25(31)11-9-24)29(35)20-34(26-12-6-22(3)7-13-26)40(37,38)28-16-14-27(39-5)15-17-28/h6-17,21,23H,18-20H2,1-5H3,(H,32,36)/t23-/m1/s1. The number of benzene rings is 3. The molecule has 0 aliphatic carbocycles. The van der Waals surface area contributed by atoms with Crippen molar-refractivity contribution in [3.63, 3.8) is 0 Å². The maximum absolute atomic E-state index is 14.0. The highest BCUT2D eigenvalue weighted by molar-refractivity contribution is 9.10. The van der Waals surface area contributed by atoms with Crippen molar-refractivity contribution in [2.45, 2.75) is 50.1 Å². The summed E-state index contributed by atoms with van der Waals surface area (Å²) >= 11 is 4.94. The molecule has 40 heavy (non-hydrogen) atoms. The number of carbonyl (C=O) groups excluding carboxylic acids is 2. The quantitative estimate of drug-likeness (QED) is 0.249. The molecule has 0 unspecified atom stereocenters. The number of nitrogens with zero attached hydrogens (tertiary/aromatic N) is 2. The van der Waals surface area contributed by atoms with Crippen LogP contribution in [-0.4, -0.2) is 50.5 Å². The first kappa shape index (κ1) is 31.7. The van der Waals surface area contributed by atoms with Crippen LogP contribution in [0.25, 0.3) is 0 Å². The van der Waals surface area contributed by atoms with Gasteiger partial charge in [-0.15, -0.1) is 11.8 Å². The highest BCUT2D eigenvalue weighted by Gasteiger charge is 2.32. The number of hydrogen-bond donors (Lipinski definition) is 1. The van der Waals surface area contributed by atoms with Crippen LogP contribution < -0.4 is 9.62 Å². The Hall–Kier alpha value is -2.82. The Morgan fingerprint density at radius 3 is 2.08 bits per heavy atom. The fourth-order valence-electron chi connectivity index (χ4n) is 3.94. The highest BCUT2D eigenvalue weighted by atomic mass is 79.9. The molecule has 0 heterocycles. The lowest BCUT2D eigenvalue weighted by Gasteiger charge is -2.32. The monoisotopic (exact) mass is 645 g/mol. The van der Waals surface area contributed by atoms with E-state index < -0.39 is 28.5 Å². The zero-order valence-electron chi connectivity index (χ0n) is 23.4. The van der Waals surface area contributed by atoms with E-state index in [1.54, 1.807) is 55.5 Å². The van der Waals surface area contributed by atoms with Gasteiger partial charge in [0.1, 0.15) is 12.6 Å². The number of hydrogen-bond acceptors (Lipinski definition) is 5. The third-order valence-corrected chi connectivity index (χ3v) is 9.43. The van der Waals surface area contributed by atoms with Crippen molar-refractivity contribution >= 4 is 55.2 Å². The summed E-state index contributed by atoms with van der Waals surface area (Å²) in [5.74, 6) is -0.539. The summed E-state index contributed by atoms with van der Waals surface area (Å²) < 4.78 is 29.8. The van der Waals surface area contributed by atoms with Crippen LogP contribution in [0.3, 0.4) is 0 Å². The fraction of sp³-hybridized carbons (Fsp3) is 0.333. The molecule has 0 aliphatic heterocycles. The minimum atomic E-state index is -4.10. The van der Waals surface area contributed by atoms with E-state index in [4.69, 9.17) is 0 Å². The lowest BCUT2D eigenvalue weighted by molar-refractivity contribution is -0.139. The number of aryl methyl sites for hydroxylation is 1. The van der Waals surface area contributed by atoms with Gasteiger partial charge in [-0.2, -0.15) is 0 Å².